The van der Waals surface area contributed by atoms with Gasteiger partial charge in [-0.3, -0.25) is 10.1 Å². The summed E-state index contributed by atoms with van der Waals surface area (Å²) >= 11 is 0. The van der Waals surface area contributed by atoms with Crippen LogP contribution in [0.25, 0.3) is 11.1 Å². The summed E-state index contributed by atoms with van der Waals surface area (Å²) in [5.41, 5.74) is 5.76. The number of benzene rings is 5. The van der Waals surface area contributed by atoms with Crippen molar-refractivity contribution in [1.29, 1.82) is 0 Å². The highest BCUT2D eigenvalue weighted by Gasteiger charge is 2.24. The second-order valence-corrected chi connectivity index (χ2v) is 11.7. The first-order chi connectivity index (χ1) is 19.8. The Morgan fingerprint density at radius 3 is 1.76 bits per heavy atom. The van der Waals surface area contributed by atoms with Gasteiger partial charge in [0.05, 0.1) is 10.9 Å². The smallest absolute Gasteiger partial charge is 0.264 e. The fourth-order valence-electron chi connectivity index (χ4n) is 4.98. The van der Waals surface area contributed by atoms with Crippen molar-refractivity contribution < 1.29 is 13.2 Å². The lowest BCUT2D eigenvalue weighted by atomic mass is 9.96. The number of carbonyl (C=O) groups excluding carboxylic acids is 1. The molecule has 5 rings (SSSR count). The quantitative estimate of drug-likeness (QED) is 0.200. The van der Waals surface area contributed by atoms with Gasteiger partial charge in [0.2, 0.25) is 0 Å². The monoisotopic (exact) mass is 560 g/mol. The highest BCUT2D eigenvalue weighted by molar-refractivity contribution is 7.90. The average molecular weight is 561 g/mol. The van der Waals surface area contributed by atoms with E-state index >= 15 is 0 Å². The molecule has 0 heterocycles. The normalized spacial score (nSPS) is 12.8. The molecule has 6 heteroatoms. The molecular weight excluding hydrogens is 528 g/mol. The summed E-state index contributed by atoms with van der Waals surface area (Å²) in [5, 5.41) is 3.70. The molecule has 0 aliphatic heterocycles. The van der Waals surface area contributed by atoms with Crippen LogP contribution in [0.2, 0.25) is 0 Å². The van der Waals surface area contributed by atoms with Crippen LogP contribution in [-0.2, 0) is 10.0 Å². The van der Waals surface area contributed by atoms with E-state index in [0.29, 0.717) is 5.56 Å². The van der Waals surface area contributed by atoms with Crippen LogP contribution < -0.4 is 10.0 Å². The lowest BCUT2D eigenvalue weighted by Crippen LogP contribution is -2.31. The molecule has 0 bridgehead atoms. The molecule has 206 valence electrons. The van der Waals surface area contributed by atoms with Gasteiger partial charge in [-0.1, -0.05) is 115 Å². The van der Waals surface area contributed by atoms with Crippen LogP contribution in [0.3, 0.4) is 0 Å². The maximum Gasteiger partial charge on any atom is 0.264 e. The number of sulfonamides is 1. The summed E-state index contributed by atoms with van der Waals surface area (Å²) in [4.78, 5) is 13.2. The maximum atomic E-state index is 13.4. The molecule has 5 aromatic carbocycles. The summed E-state index contributed by atoms with van der Waals surface area (Å²) in [6, 6.07) is 41.6. The van der Waals surface area contributed by atoms with Gasteiger partial charge in [-0.2, -0.15) is 0 Å². The van der Waals surface area contributed by atoms with E-state index in [2.05, 4.69) is 41.2 Å². The standard InChI is InChI=1S/C35H32N2O3S/c1-25-13-9-10-18-31(25)32-19-11-12-20-33(32)41(39,40)37-35(38)30-23-21-29(22-24-30)34(28-16-7-4-8-17-28)36-26(2)27-14-5-3-6-15-27/h3-24,26,34,36H,1-2H3,(H,37,38). The molecule has 2 atom stereocenters. The SMILES string of the molecule is Cc1ccccc1-c1ccccc1S(=O)(=O)NC(=O)c1ccc(C(NC(C)c2ccccc2)c2ccccc2)cc1. The minimum Gasteiger partial charge on any atom is -0.300 e. The van der Waals surface area contributed by atoms with Crippen LogP contribution in [-0.4, -0.2) is 14.3 Å². The minimum atomic E-state index is -4.13. The van der Waals surface area contributed by atoms with Crippen molar-refractivity contribution in [3.8, 4) is 11.1 Å². The van der Waals surface area contributed by atoms with Crippen molar-refractivity contribution >= 4 is 15.9 Å². The van der Waals surface area contributed by atoms with Gasteiger partial charge in [0.15, 0.2) is 0 Å². The zero-order valence-corrected chi connectivity index (χ0v) is 23.8. The van der Waals surface area contributed by atoms with Crippen molar-refractivity contribution in [2.75, 3.05) is 0 Å². The van der Waals surface area contributed by atoms with E-state index in [1.165, 1.54) is 11.6 Å². The van der Waals surface area contributed by atoms with Crippen LogP contribution in [0.15, 0.2) is 138 Å². The molecule has 5 nitrogen and oxygen atoms in total. The number of hydrogen-bond donors (Lipinski definition) is 2. The third kappa shape index (κ3) is 6.46. The van der Waals surface area contributed by atoms with Crippen molar-refractivity contribution in [1.82, 2.24) is 10.0 Å². The lowest BCUT2D eigenvalue weighted by molar-refractivity contribution is 0.0981. The van der Waals surface area contributed by atoms with Crippen molar-refractivity contribution in [3.05, 3.63) is 161 Å². The molecule has 0 spiro atoms. The fourth-order valence-corrected chi connectivity index (χ4v) is 6.18. The Labute approximate surface area is 242 Å². The Morgan fingerprint density at radius 1 is 0.610 bits per heavy atom. The summed E-state index contributed by atoms with van der Waals surface area (Å²) in [5.74, 6) is -0.682. The Kier molecular flexibility index (Phi) is 8.43. The fraction of sp³-hybridized carbons (Fsp3) is 0.114. The first-order valence-corrected chi connectivity index (χ1v) is 15.0. The molecule has 5 aromatic rings. The summed E-state index contributed by atoms with van der Waals surface area (Å²) in [7, 11) is -4.13. The topological polar surface area (TPSA) is 75.3 Å². The molecule has 0 saturated carbocycles. The Hall–Kier alpha value is -4.52. The van der Waals surface area contributed by atoms with Gasteiger partial charge in [-0.25, -0.2) is 13.1 Å². The van der Waals surface area contributed by atoms with E-state index in [-0.39, 0.29) is 22.5 Å². The maximum absolute atomic E-state index is 13.4. The number of nitrogens with one attached hydrogen (secondary N) is 2. The lowest BCUT2D eigenvalue weighted by Gasteiger charge is -2.25. The predicted octanol–water partition coefficient (Wildman–Crippen LogP) is 7.22. The summed E-state index contributed by atoms with van der Waals surface area (Å²) < 4.78 is 29.1. The van der Waals surface area contributed by atoms with Crippen LogP contribution in [0, 0.1) is 6.92 Å². The van der Waals surface area contributed by atoms with Crippen LogP contribution in [0.5, 0.6) is 0 Å². The van der Waals surface area contributed by atoms with Gasteiger partial charge in [-0.15, -0.1) is 0 Å². The van der Waals surface area contributed by atoms with E-state index < -0.39 is 15.9 Å². The number of aryl methyl sites for hydroxylation is 1. The first-order valence-electron chi connectivity index (χ1n) is 13.5. The Morgan fingerprint density at radius 2 is 1.12 bits per heavy atom. The third-order valence-corrected chi connectivity index (χ3v) is 8.58. The van der Waals surface area contributed by atoms with E-state index in [4.69, 9.17) is 0 Å². The molecule has 1 amide bonds. The van der Waals surface area contributed by atoms with Crippen LogP contribution >= 0.6 is 0 Å². The minimum absolute atomic E-state index is 0.0579. The second-order valence-electron chi connectivity index (χ2n) is 10.0. The van der Waals surface area contributed by atoms with E-state index in [1.807, 2.05) is 79.7 Å². The number of rotatable bonds is 9. The molecule has 0 aliphatic carbocycles. The summed E-state index contributed by atoms with van der Waals surface area (Å²) in [6.07, 6.45) is 0. The van der Waals surface area contributed by atoms with Crippen LogP contribution in [0.4, 0.5) is 0 Å². The highest BCUT2D eigenvalue weighted by atomic mass is 32.2. The Balaban J connectivity index is 1.39. The molecule has 0 radical (unpaired) electrons. The average Bonchev–Trinajstić information content (AvgIpc) is 3.01. The van der Waals surface area contributed by atoms with E-state index in [0.717, 1.165) is 22.3 Å². The van der Waals surface area contributed by atoms with Gasteiger partial charge >= 0.3 is 0 Å². The second kappa shape index (κ2) is 12.3. The van der Waals surface area contributed by atoms with E-state index in [9.17, 15) is 13.2 Å². The molecule has 41 heavy (non-hydrogen) atoms. The van der Waals surface area contributed by atoms with Gasteiger partial charge < -0.3 is 0 Å². The van der Waals surface area contributed by atoms with Crippen LogP contribution in [0.1, 0.15) is 51.6 Å². The zero-order valence-electron chi connectivity index (χ0n) is 23.0. The molecular formula is C35H32N2O3S. The third-order valence-electron chi connectivity index (χ3n) is 7.19. The van der Waals surface area contributed by atoms with Gasteiger partial charge in [0, 0.05) is 17.2 Å². The van der Waals surface area contributed by atoms with Gasteiger partial charge in [-0.05, 0) is 59.9 Å². The van der Waals surface area contributed by atoms with Crippen molar-refractivity contribution in [2.45, 2.75) is 30.8 Å². The molecule has 2 N–H and O–H groups in total. The number of carbonyl (C=O) groups is 1. The predicted molar refractivity (Wildman–Crippen MR) is 164 cm³/mol. The summed E-state index contributed by atoms with van der Waals surface area (Å²) in [6.45, 7) is 4.05. The number of amides is 1. The number of hydrogen-bond acceptors (Lipinski definition) is 4. The van der Waals surface area contributed by atoms with Gasteiger partial charge in [0.25, 0.3) is 15.9 Å². The Bertz CT molecular complexity index is 1740. The largest absolute Gasteiger partial charge is 0.300 e. The molecule has 0 aromatic heterocycles. The zero-order chi connectivity index (χ0) is 28.8. The molecule has 0 aliphatic rings. The first kappa shape index (κ1) is 28.0. The van der Waals surface area contributed by atoms with Crippen molar-refractivity contribution in [3.63, 3.8) is 0 Å². The highest BCUT2D eigenvalue weighted by Crippen LogP contribution is 2.30. The van der Waals surface area contributed by atoms with Crippen molar-refractivity contribution in [2.24, 2.45) is 0 Å². The molecule has 0 fully saturated rings. The van der Waals surface area contributed by atoms with E-state index in [1.54, 1.807) is 30.3 Å². The van der Waals surface area contributed by atoms with Gasteiger partial charge in [0.1, 0.15) is 0 Å². The molecule has 2 unspecified atom stereocenters. The molecule has 0 saturated heterocycles.